The van der Waals surface area contributed by atoms with Gasteiger partial charge in [-0.05, 0) is 30.3 Å². The summed E-state index contributed by atoms with van der Waals surface area (Å²) >= 11 is 1.56. The number of carbonyl (C=O) groups is 3. The van der Waals surface area contributed by atoms with Crippen molar-refractivity contribution in [1.82, 2.24) is 20.4 Å². The highest BCUT2D eigenvalue weighted by atomic mass is 32.2. The molecule has 9 heteroatoms. The van der Waals surface area contributed by atoms with Crippen LogP contribution in [0.5, 0.6) is 0 Å². The molecule has 0 aliphatic carbocycles. The number of hydrogen-bond acceptors (Lipinski definition) is 5. The quantitative estimate of drug-likeness (QED) is 0.574. The lowest BCUT2D eigenvalue weighted by Gasteiger charge is -2.10. The third-order valence-electron chi connectivity index (χ3n) is 4.62. The number of fused-ring (bicyclic) bond motifs is 2. The first kappa shape index (κ1) is 19.0. The number of hydrazine groups is 1. The van der Waals surface area contributed by atoms with Crippen LogP contribution in [0.3, 0.4) is 0 Å². The van der Waals surface area contributed by atoms with Crippen molar-refractivity contribution in [2.24, 2.45) is 7.05 Å². The third-order valence-corrected chi connectivity index (χ3v) is 5.69. The minimum absolute atomic E-state index is 0.0301. The number of anilines is 1. The summed E-state index contributed by atoms with van der Waals surface area (Å²) in [5, 5.41) is 2.80. The number of nitrogens with one attached hydrogen (secondary N) is 3. The smallest absolute Gasteiger partial charge is 0.269 e. The van der Waals surface area contributed by atoms with Crippen LogP contribution in [-0.4, -0.2) is 33.0 Å². The second kappa shape index (κ2) is 7.96. The number of nitrogens with zero attached hydrogens (tertiary/aromatic N) is 2. The van der Waals surface area contributed by atoms with E-state index in [4.69, 9.17) is 0 Å². The van der Waals surface area contributed by atoms with Crippen molar-refractivity contribution in [1.29, 1.82) is 0 Å². The van der Waals surface area contributed by atoms with Crippen molar-refractivity contribution in [2.45, 2.75) is 17.7 Å². The van der Waals surface area contributed by atoms with E-state index in [0.717, 1.165) is 15.9 Å². The number of amides is 3. The molecule has 1 aliphatic rings. The zero-order chi connectivity index (χ0) is 20.4. The number of rotatable bonds is 3. The molecule has 1 aromatic heterocycles. The van der Waals surface area contributed by atoms with Crippen LogP contribution >= 0.6 is 11.8 Å². The molecule has 148 valence electrons. The van der Waals surface area contributed by atoms with Crippen LogP contribution in [0.2, 0.25) is 0 Å². The van der Waals surface area contributed by atoms with Crippen LogP contribution < -0.4 is 16.2 Å². The summed E-state index contributed by atoms with van der Waals surface area (Å²) in [4.78, 5) is 41.7. The van der Waals surface area contributed by atoms with Gasteiger partial charge in [0.15, 0.2) is 0 Å². The van der Waals surface area contributed by atoms with Gasteiger partial charge in [-0.2, -0.15) is 0 Å². The van der Waals surface area contributed by atoms with Gasteiger partial charge in [-0.15, -0.1) is 11.8 Å². The van der Waals surface area contributed by atoms with E-state index in [0.29, 0.717) is 29.2 Å². The van der Waals surface area contributed by atoms with E-state index in [1.807, 2.05) is 35.9 Å². The Labute approximate surface area is 171 Å². The minimum atomic E-state index is -0.463. The van der Waals surface area contributed by atoms with E-state index in [1.54, 1.807) is 30.0 Å². The number of thioether (sulfide) groups is 1. The van der Waals surface area contributed by atoms with Crippen molar-refractivity contribution in [2.75, 3.05) is 11.1 Å². The molecule has 0 radical (unpaired) electrons. The van der Waals surface area contributed by atoms with Crippen LogP contribution in [0.25, 0.3) is 11.0 Å². The predicted octanol–water partition coefficient (Wildman–Crippen LogP) is 2.01. The molecule has 4 rings (SSSR count). The Kier molecular flexibility index (Phi) is 5.22. The van der Waals surface area contributed by atoms with Gasteiger partial charge in [-0.3, -0.25) is 25.2 Å². The lowest BCUT2D eigenvalue weighted by atomic mass is 10.2. The monoisotopic (exact) mass is 409 g/mol. The third kappa shape index (κ3) is 4.09. The van der Waals surface area contributed by atoms with Crippen molar-refractivity contribution >= 4 is 46.2 Å². The number of para-hydroxylation sites is 2. The van der Waals surface area contributed by atoms with Gasteiger partial charge < -0.3 is 9.88 Å². The zero-order valence-corrected chi connectivity index (χ0v) is 16.5. The molecule has 8 nitrogen and oxygen atoms in total. The van der Waals surface area contributed by atoms with Crippen LogP contribution in [0.4, 0.5) is 5.69 Å². The summed E-state index contributed by atoms with van der Waals surface area (Å²) in [5.41, 5.74) is 7.52. The van der Waals surface area contributed by atoms with Gasteiger partial charge in [-0.25, -0.2) is 4.98 Å². The lowest BCUT2D eigenvalue weighted by Crippen LogP contribution is -2.42. The average Bonchev–Trinajstić information content (AvgIpc) is 2.90. The maximum absolute atomic E-state index is 12.4. The highest BCUT2D eigenvalue weighted by Crippen LogP contribution is 2.31. The van der Waals surface area contributed by atoms with Gasteiger partial charge in [-0.1, -0.05) is 12.1 Å². The molecule has 2 heterocycles. The first-order chi connectivity index (χ1) is 14.0. The molecule has 1 aliphatic heterocycles. The van der Waals surface area contributed by atoms with Crippen LogP contribution in [0, 0.1) is 0 Å². The van der Waals surface area contributed by atoms with E-state index < -0.39 is 5.91 Å². The van der Waals surface area contributed by atoms with Crippen molar-refractivity contribution in [3.05, 3.63) is 53.9 Å². The largest absolute Gasteiger partial charge is 0.331 e. The molecule has 3 N–H and O–H groups in total. The number of aromatic nitrogens is 2. The van der Waals surface area contributed by atoms with Crippen LogP contribution in [0.1, 0.15) is 22.6 Å². The maximum Gasteiger partial charge on any atom is 0.269 e. The molecule has 0 saturated heterocycles. The number of carbonyl (C=O) groups excluding carboxylic acids is 3. The van der Waals surface area contributed by atoms with Gasteiger partial charge in [0, 0.05) is 29.7 Å². The van der Waals surface area contributed by atoms with Gasteiger partial charge >= 0.3 is 0 Å². The lowest BCUT2D eigenvalue weighted by molar-refractivity contribution is -0.121. The topological polar surface area (TPSA) is 105 Å². The van der Waals surface area contributed by atoms with Crippen LogP contribution in [-0.2, 0) is 23.1 Å². The summed E-state index contributed by atoms with van der Waals surface area (Å²) in [6.07, 6.45) is 0.460. The molecule has 0 saturated carbocycles. The number of benzene rings is 2. The van der Waals surface area contributed by atoms with E-state index in [9.17, 15) is 14.4 Å². The molecule has 3 aromatic rings. The fourth-order valence-corrected chi connectivity index (χ4v) is 4.04. The average molecular weight is 409 g/mol. The number of aryl methyl sites for hydroxylation is 1. The standard InChI is InChI=1S/C20H19N5O3S/c1-25-15-5-3-2-4-13(15)21-17(25)11-19(27)23-24-20(28)12-6-7-16-14(10-12)22-18(26)8-9-29-16/h2-7,10H,8-9,11H2,1H3,(H,22,26)(H,23,27)(H,24,28). The Hall–Kier alpha value is -3.33. The normalized spacial score (nSPS) is 13.3. The summed E-state index contributed by atoms with van der Waals surface area (Å²) < 4.78 is 1.85. The van der Waals surface area contributed by atoms with Gasteiger partial charge in [0.2, 0.25) is 11.8 Å². The molecular weight excluding hydrogens is 390 g/mol. The van der Waals surface area contributed by atoms with E-state index in [1.165, 1.54) is 0 Å². The molecule has 29 heavy (non-hydrogen) atoms. The SMILES string of the molecule is Cn1c(CC(=O)NNC(=O)c2ccc3c(c2)NC(=O)CCS3)nc2ccccc21. The molecule has 0 atom stereocenters. The highest BCUT2D eigenvalue weighted by molar-refractivity contribution is 7.99. The molecule has 3 amide bonds. The number of hydrogen-bond donors (Lipinski definition) is 3. The Bertz CT molecular complexity index is 1120. The Balaban J connectivity index is 1.39. The second-order valence-electron chi connectivity index (χ2n) is 6.61. The fourth-order valence-electron chi connectivity index (χ4n) is 3.10. The van der Waals surface area contributed by atoms with Crippen molar-refractivity contribution in [3.63, 3.8) is 0 Å². The van der Waals surface area contributed by atoms with Gasteiger partial charge in [0.1, 0.15) is 5.82 Å². The maximum atomic E-state index is 12.4. The summed E-state index contributed by atoms with van der Waals surface area (Å²) in [6.45, 7) is 0. The van der Waals surface area contributed by atoms with Crippen molar-refractivity contribution in [3.8, 4) is 0 Å². The van der Waals surface area contributed by atoms with Gasteiger partial charge in [0.05, 0.1) is 23.1 Å². The predicted molar refractivity (Wildman–Crippen MR) is 110 cm³/mol. The Morgan fingerprint density at radius 2 is 2.03 bits per heavy atom. The summed E-state index contributed by atoms with van der Waals surface area (Å²) in [7, 11) is 1.85. The van der Waals surface area contributed by atoms with Gasteiger partial charge in [0.25, 0.3) is 5.91 Å². The Morgan fingerprint density at radius 3 is 2.86 bits per heavy atom. The molecular formula is C20H19N5O3S. The number of imidazole rings is 1. The molecule has 0 bridgehead atoms. The van der Waals surface area contributed by atoms with Crippen molar-refractivity contribution < 1.29 is 14.4 Å². The first-order valence-electron chi connectivity index (χ1n) is 9.07. The van der Waals surface area contributed by atoms with E-state index >= 15 is 0 Å². The fraction of sp³-hybridized carbons (Fsp3) is 0.200. The Morgan fingerprint density at radius 1 is 1.21 bits per heavy atom. The summed E-state index contributed by atoms with van der Waals surface area (Å²) in [6, 6.07) is 12.7. The molecule has 0 spiro atoms. The molecule has 2 aromatic carbocycles. The summed E-state index contributed by atoms with van der Waals surface area (Å²) in [5.74, 6) is 0.375. The minimum Gasteiger partial charge on any atom is -0.331 e. The molecule has 0 unspecified atom stereocenters. The second-order valence-corrected chi connectivity index (χ2v) is 7.75. The molecule has 0 fully saturated rings. The van der Waals surface area contributed by atoms with E-state index in [-0.39, 0.29) is 18.2 Å². The zero-order valence-electron chi connectivity index (χ0n) is 15.7. The van der Waals surface area contributed by atoms with Crippen LogP contribution in [0.15, 0.2) is 47.4 Å². The van der Waals surface area contributed by atoms with E-state index in [2.05, 4.69) is 21.2 Å². The first-order valence-corrected chi connectivity index (χ1v) is 10.1. The highest BCUT2D eigenvalue weighted by Gasteiger charge is 2.17.